The van der Waals surface area contributed by atoms with E-state index in [-0.39, 0.29) is 10.6 Å². The van der Waals surface area contributed by atoms with Crippen LogP contribution in [0.1, 0.15) is 22.8 Å². The van der Waals surface area contributed by atoms with Crippen molar-refractivity contribution in [2.24, 2.45) is 0 Å². The molecule has 0 spiro atoms. The zero-order valence-corrected chi connectivity index (χ0v) is 19.1. The van der Waals surface area contributed by atoms with Gasteiger partial charge in [0.2, 0.25) is 0 Å². The first-order valence-electron chi connectivity index (χ1n) is 9.33. The Morgan fingerprint density at radius 1 is 1.00 bits per heavy atom. The molecule has 0 fully saturated rings. The summed E-state index contributed by atoms with van der Waals surface area (Å²) < 4.78 is 34.0. The molecule has 3 aromatic rings. The Balaban J connectivity index is 1.95. The predicted octanol–water partition coefficient (Wildman–Crippen LogP) is 5.75. The summed E-state index contributed by atoms with van der Waals surface area (Å²) in [5.74, 6) is -0.104. The highest BCUT2D eigenvalue weighted by Gasteiger charge is 2.19. The molecule has 0 atom stereocenters. The van der Waals surface area contributed by atoms with E-state index in [1.54, 1.807) is 50.2 Å². The smallest absolute Gasteiger partial charge is 0.261 e. The second-order valence-electron chi connectivity index (χ2n) is 6.57. The van der Waals surface area contributed by atoms with Crippen molar-refractivity contribution in [1.82, 2.24) is 0 Å². The number of hydrogen-bond donors (Lipinski definition) is 2. The molecule has 0 saturated heterocycles. The number of nitrogens with one attached hydrogen (secondary N) is 2. The maximum Gasteiger partial charge on any atom is 0.261 e. The number of carbonyl (C=O) groups excluding carboxylic acids is 1. The van der Waals surface area contributed by atoms with Gasteiger partial charge in [-0.1, -0.05) is 35.3 Å². The standard InChI is InChI=1S/C22H20Cl2N2O4S/c1-3-30-21-11-10-17(31(28,29)26-19-9-5-8-18(24)14(19)2)13-20(21)25-22(27)15-6-4-7-16(23)12-15/h4-13,26H,3H2,1-2H3,(H,25,27). The molecular formula is C22H20Cl2N2O4S. The highest BCUT2D eigenvalue weighted by Crippen LogP contribution is 2.31. The SMILES string of the molecule is CCOc1ccc(S(=O)(=O)Nc2cccc(Cl)c2C)cc1NC(=O)c1cccc(Cl)c1. The summed E-state index contributed by atoms with van der Waals surface area (Å²) in [6.45, 7) is 3.85. The summed E-state index contributed by atoms with van der Waals surface area (Å²) in [4.78, 5) is 12.6. The topological polar surface area (TPSA) is 84.5 Å². The van der Waals surface area contributed by atoms with Gasteiger partial charge in [-0.2, -0.15) is 0 Å². The molecule has 0 aliphatic heterocycles. The van der Waals surface area contributed by atoms with Crippen molar-refractivity contribution in [3.63, 3.8) is 0 Å². The normalized spacial score (nSPS) is 11.1. The first-order valence-corrected chi connectivity index (χ1v) is 11.6. The first kappa shape index (κ1) is 22.9. The summed E-state index contributed by atoms with van der Waals surface area (Å²) in [7, 11) is -3.95. The molecule has 0 aromatic heterocycles. The lowest BCUT2D eigenvalue weighted by Gasteiger charge is -2.15. The molecule has 2 N–H and O–H groups in total. The van der Waals surface area contributed by atoms with E-state index in [2.05, 4.69) is 10.0 Å². The van der Waals surface area contributed by atoms with E-state index in [1.165, 1.54) is 24.3 Å². The molecular weight excluding hydrogens is 459 g/mol. The average molecular weight is 479 g/mol. The Bertz CT molecular complexity index is 1230. The van der Waals surface area contributed by atoms with E-state index in [0.717, 1.165) is 0 Å². The van der Waals surface area contributed by atoms with Crippen molar-refractivity contribution in [3.05, 3.63) is 81.8 Å². The number of amides is 1. The third-order valence-electron chi connectivity index (χ3n) is 4.41. The lowest BCUT2D eigenvalue weighted by Crippen LogP contribution is -2.16. The number of rotatable bonds is 7. The van der Waals surface area contributed by atoms with Crippen LogP contribution in [0.15, 0.2) is 65.6 Å². The molecule has 0 saturated carbocycles. The first-order chi connectivity index (χ1) is 14.7. The van der Waals surface area contributed by atoms with Crippen molar-refractivity contribution < 1.29 is 17.9 Å². The molecule has 1 amide bonds. The molecule has 9 heteroatoms. The van der Waals surface area contributed by atoms with Crippen LogP contribution in [-0.2, 0) is 10.0 Å². The van der Waals surface area contributed by atoms with Crippen molar-refractivity contribution in [2.75, 3.05) is 16.6 Å². The fraction of sp³-hybridized carbons (Fsp3) is 0.136. The largest absolute Gasteiger partial charge is 0.492 e. The van der Waals surface area contributed by atoms with Crippen LogP contribution >= 0.6 is 23.2 Å². The van der Waals surface area contributed by atoms with Crippen LogP contribution in [-0.4, -0.2) is 20.9 Å². The van der Waals surface area contributed by atoms with E-state index in [4.69, 9.17) is 27.9 Å². The van der Waals surface area contributed by atoms with Gasteiger partial charge in [-0.15, -0.1) is 0 Å². The molecule has 6 nitrogen and oxygen atoms in total. The van der Waals surface area contributed by atoms with Crippen LogP contribution in [0.25, 0.3) is 0 Å². The van der Waals surface area contributed by atoms with Gasteiger partial charge < -0.3 is 10.1 Å². The maximum absolute atomic E-state index is 13.0. The molecule has 3 aromatic carbocycles. The quantitative estimate of drug-likeness (QED) is 0.452. The summed E-state index contributed by atoms with van der Waals surface area (Å²) in [5, 5.41) is 3.56. The zero-order valence-electron chi connectivity index (χ0n) is 16.8. The number of benzene rings is 3. The van der Waals surface area contributed by atoms with Gasteiger partial charge in [-0.05, 0) is 67.9 Å². The molecule has 0 bridgehead atoms. The number of ether oxygens (including phenoxy) is 1. The third-order valence-corrected chi connectivity index (χ3v) is 6.42. The predicted molar refractivity (Wildman–Crippen MR) is 124 cm³/mol. The monoisotopic (exact) mass is 478 g/mol. The summed E-state index contributed by atoms with van der Waals surface area (Å²) in [6.07, 6.45) is 0. The Hall–Kier alpha value is -2.74. The molecule has 31 heavy (non-hydrogen) atoms. The fourth-order valence-electron chi connectivity index (χ4n) is 2.80. The van der Waals surface area contributed by atoms with Gasteiger partial charge in [0.1, 0.15) is 5.75 Å². The minimum atomic E-state index is -3.95. The minimum Gasteiger partial charge on any atom is -0.492 e. The zero-order chi connectivity index (χ0) is 22.6. The van der Waals surface area contributed by atoms with Crippen LogP contribution in [0.5, 0.6) is 5.75 Å². The van der Waals surface area contributed by atoms with Crippen molar-refractivity contribution >= 4 is 50.5 Å². The van der Waals surface area contributed by atoms with Crippen LogP contribution in [0.3, 0.4) is 0 Å². The molecule has 3 rings (SSSR count). The fourth-order valence-corrected chi connectivity index (χ4v) is 4.31. The molecule has 0 unspecified atom stereocenters. The highest BCUT2D eigenvalue weighted by atomic mass is 35.5. The van der Waals surface area contributed by atoms with Crippen LogP contribution in [0, 0.1) is 6.92 Å². The van der Waals surface area contributed by atoms with Crippen molar-refractivity contribution in [2.45, 2.75) is 18.7 Å². The van der Waals surface area contributed by atoms with E-state index in [1.807, 2.05) is 0 Å². The van der Waals surface area contributed by atoms with Gasteiger partial charge in [-0.3, -0.25) is 9.52 Å². The van der Waals surface area contributed by atoms with E-state index >= 15 is 0 Å². The van der Waals surface area contributed by atoms with Gasteiger partial charge in [0.05, 0.1) is 22.9 Å². The maximum atomic E-state index is 13.0. The number of sulfonamides is 1. The van der Waals surface area contributed by atoms with Gasteiger partial charge in [0, 0.05) is 15.6 Å². The lowest BCUT2D eigenvalue weighted by molar-refractivity contribution is 0.102. The van der Waals surface area contributed by atoms with Crippen molar-refractivity contribution in [3.8, 4) is 5.75 Å². The summed E-state index contributed by atoms with van der Waals surface area (Å²) in [6, 6.07) is 15.6. The van der Waals surface area contributed by atoms with Gasteiger partial charge >= 0.3 is 0 Å². The molecule has 162 valence electrons. The minimum absolute atomic E-state index is 0.0447. The van der Waals surface area contributed by atoms with E-state index < -0.39 is 15.9 Å². The summed E-state index contributed by atoms with van der Waals surface area (Å²) in [5.41, 5.74) is 1.52. The van der Waals surface area contributed by atoms with Gasteiger partial charge in [-0.25, -0.2) is 8.42 Å². The molecule has 0 radical (unpaired) electrons. The Morgan fingerprint density at radius 3 is 2.45 bits per heavy atom. The Labute approximate surface area is 191 Å². The number of anilines is 2. The molecule has 0 aliphatic carbocycles. The van der Waals surface area contributed by atoms with Crippen LogP contribution in [0.2, 0.25) is 10.0 Å². The number of carbonyl (C=O) groups is 1. The second-order valence-corrected chi connectivity index (χ2v) is 9.10. The molecule has 0 aliphatic rings. The highest BCUT2D eigenvalue weighted by molar-refractivity contribution is 7.92. The van der Waals surface area contributed by atoms with Gasteiger partial charge in [0.15, 0.2) is 0 Å². The third kappa shape index (κ3) is 5.50. The van der Waals surface area contributed by atoms with E-state index in [0.29, 0.717) is 39.2 Å². The average Bonchev–Trinajstić information content (AvgIpc) is 2.72. The van der Waals surface area contributed by atoms with Crippen LogP contribution < -0.4 is 14.8 Å². The number of hydrogen-bond acceptors (Lipinski definition) is 4. The Kier molecular flexibility index (Phi) is 7.10. The second kappa shape index (κ2) is 9.60. The Morgan fingerprint density at radius 2 is 1.74 bits per heavy atom. The molecule has 0 heterocycles. The van der Waals surface area contributed by atoms with Gasteiger partial charge in [0.25, 0.3) is 15.9 Å². The van der Waals surface area contributed by atoms with E-state index in [9.17, 15) is 13.2 Å². The lowest BCUT2D eigenvalue weighted by atomic mass is 10.2. The number of halogens is 2. The van der Waals surface area contributed by atoms with Crippen molar-refractivity contribution in [1.29, 1.82) is 0 Å². The summed E-state index contributed by atoms with van der Waals surface area (Å²) >= 11 is 12.0. The van der Waals surface area contributed by atoms with Crippen LogP contribution in [0.4, 0.5) is 11.4 Å².